The predicted molar refractivity (Wildman–Crippen MR) is 72.5 cm³/mol. The third-order valence-electron chi connectivity index (χ3n) is 3.25. The number of aromatic nitrogens is 2. The van der Waals surface area contributed by atoms with E-state index in [0.717, 1.165) is 43.5 Å². The summed E-state index contributed by atoms with van der Waals surface area (Å²) in [5, 5.41) is 12.5. The summed E-state index contributed by atoms with van der Waals surface area (Å²) in [4.78, 5) is 12.1. The van der Waals surface area contributed by atoms with Gasteiger partial charge in [-0.15, -0.1) is 10.2 Å². The number of carbonyl (C=O) groups is 1. The van der Waals surface area contributed by atoms with Crippen LogP contribution in [0, 0.1) is 5.92 Å². The second-order valence-corrected chi connectivity index (χ2v) is 5.93. The fourth-order valence-corrected chi connectivity index (χ4v) is 3.14. The average Bonchev–Trinajstić information content (AvgIpc) is 2.77. The Balaban J connectivity index is 1.89. The van der Waals surface area contributed by atoms with Gasteiger partial charge in [-0.05, 0) is 25.7 Å². The van der Waals surface area contributed by atoms with Gasteiger partial charge in [0.05, 0.1) is 0 Å². The van der Waals surface area contributed by atoms with E-state index < -0.39 is 0 Å². The molecule has 1 aromatic rings. The molecule has 0 aromatic carbocycles. The molecule has 0 spiro atoms. The van der Waals surface area contributed by atoms with Gasteiger partial charge in [0.2, 0.25) is 11.0 Å². The van der Waals surface area contributed by atoms with Crippen molar-refractivity contribution in [3.63, 3.8) is 0 Å². The van der Waals surface area contributed by atoms with Gasteiger partial charge < -0.3 is 11.1 Å². The SMILES string of the molecule is CCCc1nnc(NC(=O)C2CCCC(N)C2)s1. The first-order valence-corrected chi connectivity index (χ1v) is 7.39. The summed E-state index contributed by atoms with van der Waals surface area (Å²) >= 11 is 1.47. The van der Waals surface area contributed by atoms with Crippen LogP contribution in [0.15, 0.2) is 0 Å². The van der Waals surface area contributed by atoms with Crippen molar-refractivity contribution in [2.75, 3.05) is 5.32 Å². The summed E-state index contributed by atoms with van der Waals surface area (Å²) in [6.07, 6.45) is 5.74. The van der Waals surface area contributed by atoms with E-state index in [9.17, 15) is 4.79 Å². The van der Waals surface area contributed by atoms with E-state index >= 15 is 0 Å². The van der Waals surface area contributed by atoms with Crippen molar-refractivity contribution in [1.29, 1.82) is 0 Å². The van der Waals surface area contributed by atoms with Gasteiger partial charge in [-0.1, -0.05) is 24.7 Å². The quantitative estimate of drug-likeness (QED) is 0.874. The highest BCUT2D eigenvalue weighted by Gasteiger charge is 2.25. The molecule has 5 nitrogen and oxygen atoms in total. The normalized spacial score (nSPS) is 23.9. The molecule has 1 fully saturated rings. The predicted octanol–water partition coefficient (Wildman–Crippen LogP) is 1.95. The van der Waals surface area contributed by atoms with Crippen molar-refractivity contribution in [3.05, 3.63) is 5.01 Å². The molecule has 3 N–H and O–H groups in total. The van der Waals surface area contributed by atoms with Gasteiger partial charge in [0.15, 0.2) is 0 Å². The number of nitrogens with zero attached hydrogens (tertiary/aromatic N) is 2. The van der Waals surface area contributed by atoms with Crippen LogP contribution in [0.4, 0.5) is 5.13 Å². The number of nitrogens with one attached hydrogen (secondary N) is 1. The average molecular weight is 268 g/mol. The first-order valence-electron chi connectivity index (χ1n) is 6.58. The van der Waals surface area contributed by atoms with Crippen molar-refractivity contribution in [2.45, 2.75) is 51.5 Å². The smallest absolute Gasteiger partial charge is 0.229 e. The number of nitrogens with two attached hydrogens (primary N) is 1. The van der Waals surface area contributed by atoms with Crippen molar-refractivity contribution in [2.24, 2.45) is 11.7 Å². The number of anilines is 1. The number of carbonyl (C=O) groups excluding carboxylic acids is 1. The molecule has 1 heterocycles. The largest absolute Gasteiger partial charge is 0.328 e. The standard InChI is InChI=1S/C12H20N4OS/c1-2-4-10-15-16-12(18-10)14-11(17)8-5-3-6-9(13)7-8/h8-9H,2-7,13H2,1H3,(H,14,16,17). The zero-order valence-electron chi connectivity index (χ0n) is 10.7. The van der Waals surface area contributed by atoms with Crippen LogP contribution in [0.2, 0.25) is 0 Å². The van der Waals surface area contributed by atoms with E-state index in [-0.39, 0.29) is 17.9 Å². The molecule has 1 saturated carbocycles. The Kier molecular flexibility index (Phi) is 4.66. The Hall–Kier alpha value is -1.01. The van der Waals surface area contributed by atoms with Crippen molar-refractivity contribution >= 4 is 22.4 Å². The maximum absolute atomic E-state index is 12.1. The lowest BCUT2D eigenvalue weighted by Gasteiger charge is -2.25. The van der Waals surface area contributed by atoms with E-state index in [4.69, 9.17) is 5.73 Å². The lowest BCUT2D eigenvalue weighted by molar-refractivity contribution is -0.120. The summed E-state index contributed by atoms with van der Waals surface area (Å²) in [6.45, 7) is 2.10. The van der Waals surface area contributed by atoms with Crippen LogP contribution >= 0.6 is 11.3 Å². The summed E-state index contributed by atoms with van der Waals surface area (Å²) in [7, 11) is 0. The molecule has 2 unspecified atom stereocenters. The van der Waals surface area contributed by atoms with Crippen molar-refractivity contribution < 1.29 is 4.79 Å². The fourth-order valence-electron chi connectivity index (χ4n) is 2.29. The molecule has 0 aliphatic heterocycles. The van der Waals surface area contributed by atoms with Crippen LogP contribution in [-0.2, 0) is 11.2 Å². The Labute approximate surface area is 111 Å². The van der Waals surface area contributed by atoms with Crippen LogP contribution in [-0.4, -0.2) is 22.1 Å². The highest BCUT2D eigenvalue weighted by molar-refractivity contribution is 7.15. The Morgan fingerprint density at radius 1 is 1.50 bits per heavy atom. The summed E-state index contributed by atoms with van der Waals surface area (Å²) < 4.78 is 0. The van der Waals surface area contributed by atoms with Gasteiger partial charge in [0, 0.05) is 18.4 Å². The number of aryl methyl sites for hydroxylation is 1. The Bertz CT molecular complexity index is 407. The molecular weight excluding hydrogens is 248 g/mol. The molecule has 1 aromatic heterocycles. The van der Waals surface area contributed by atoms with Gasteiger partial charge in [-0.2, -0.15) is 0 Å². The van der Waals surface area contributed by atoms with Gasteiger partial charge in [-0.3, -0.25) is 4.79 Å². The maximum Gasteiger partial charge on any atom is 0.229 e. The molecule has 18 heavy (non-hydrogen) atoms. The molecule has 1 aliphatic carbocycles. The molecule has 6 heteroatoms. The van der Waals surface area contributed by atoms with E-state index in [1.54, 1.807) is 0 Å². The van der Waals surface area contributed by atoms with E-state index in [1.807, 2.05) is 0 Å². The molecule has 1 aliphatic rings. The van der Waals surface area contributed by atoms with Gasteiger partial charge in [0.25, 0.3) is 0 Å². The summed E-state index contributed by atoms with van der Waals surface area (Å²) in [5.41, 5.74) is 5.89. The molecule has 2 rings (SSSR count). The molecule has 0 bridgehead atoms. The van der Waals surface area contributed by atoms with Gasteiger partial charge >= 0.3 is 0 Å². The van der Waals surface area contributed by atoms with Crippen LogP contribution < -0.4 is 11.1 Å². The van der Waals surface area contributed by atoms with Crippen molar-refractivity contribution in [1.82, 2.24) is 10.2 Å². The highest BCUT2D eigenvalue weighted by Crippen LogP contribution is 2.25. The monoisotopic (exact) mass is 268 g/mol. The first kappa shape index (κ1) is 13.4. The second-order valence-electron chi connectivity index (χ2n) is 4.86. The number of rotatable bonds is 4. The fraction of sp³-hybridized carbons (Fsp3) is 0.750. The van der Waals surface area contributed by atoms with Gasteiger partial charge in [-0.25, -0.2) is 0 Å². The molecule has 0 saturated heterocycles. The molecular formula is C12H20N4OS. The molecule has 1 amide bonds. The Morgan fingerprint density at radius 3 is 3.06 bits per heavy atom. The van der Waals surface area contributed by atoms with E-state index in [0.29, 0.717) is 5.13 Å². The minimum absolute atomic E-state index is 0.0345. The van der Waals surface area contributed by atoms with Crippen LogP contribution in [0.25, 0.3) is 0 Å². The van der Waals surface area contributed by atoms with Crippen LogP contribution in [0.3, 0.4) is 0 Å². The third-order valence-corrected chi connectivity index (χ3v) is 4.14. The molecule has 2 atom stereocenters. The molecule has 100 valence electrons. The van der Waals surface area contributed by atoms with Crippen molar-refractivity contribution in [3.8, 4) is 0 Å². The highest BCUT2D eigenvalue weighted by atomic mass is 32.1. The number of hydrogen-bond acceptors (Lipinski definition) is 5. The zero-order valence-corrected chi connectivity index (χ0v) is 11.5. The van der Waals surface area contributed by atoms with Crippen LogP contribution in [0.1, 0.15) is 44.0 Å². The third kappa shape index (κ3) is 3.49. The minimum atomic E-state index is 0.0345. The minimum Gasteiger partial charge on any atom is -0.328 e. The zero-order chi connectivity index (χ0) is 13.0. The number of hydrogen-bond donors (Lipinski definition) is 2. The lowest BCUT2D eigenvalue weighted by atomic mass is 9.86. The first-order chi connectivity index (χ1) is 8.69. The van der Waals surface area contributed by atoms with Gasteiger partial charge in [0.1, 0.15) is 5.01 Å². The Morgan fingerprint density at radius 2 is 2.33 bits per heavy atom. The summed E-state index contributed by atoms with van der Waals surface area (Å²) in [6, 6.07) is 0.166. The lowest BCUT2D eigenvalue weighted by Crippen LogP contribution is -2.34. The second kappa shape index (κ2) is 6.24. The number of amides is 1. The summed E-state index contributed by atoms with van der Waals surface area (Å²) in [5.74, 6) is 0.0802. The van der Waals surface area contributed by atoms with Crippen LogP contribution in [0.5, 0.6) is 0 Å². The van der Waals surface area contributed by atoms with E-state index in [1.165, 1.54) is 11.3 Å². The molecule has 0 radical (unpaired) electrons. The van der Waals surface area contributed by atoms with E-state index in [2.05, 4.69) is 22.4 Å². The maximum atomic E-state index is 12.1. The topological polar surface area (TPSA) is 80.9 Å².